The Labute approximate surface area is 118 Å². The van der Waals surface area contributed by atoms with Crippen molar-refractivity contribution in [3.05, 3.63) is 53.8 Å². The quantitative estimate of drug-likeness (QED) is 0.833. The van der Waals surface area contributed by atoms with Gasteiger partial charge in [0.05, 0.1) is 5.02 Å². The fourth-order valence-corrected chi connectivity index (χ4v) is 3.32. The highest BCUT2D eigenvalue weighted by Crippen LogP contribution is 2.19. The Morgan fingerprint density at radius 1 is 1.11 bits per heavy atom. The van der Waals surface area contributed by atoms with E-state index >= 15 is 0 Å². The molecular weight excluding hydrogens is 284 g/mol. The lowest BCUT2D eigenvalue weighted by molar-refractivity contribution is 0.570. The Morgan fingerprint density at radius 3 is 2.47 bits per heavy atom. The Bertz CT molecular complexity index is 624. The van der Waals surface area contributed by atoms with Gasteiger partial charge in [0.25, 0.3) is 0 Å². The number of aryl methyl sites for hydroxylation is 1. The van der Waals surface area contributed by atoms with Crippen molar-refractivity contribution in [2.24, 2.45) is 0 Å². The highest BCUT2D eigenvalue weighted by Gasteiger charge is 2.16. The molecule has 0 aliphatic carbocycles. The van der Waals surface area contributed by atoms with Crippen molar-refractivity contribution in [1.29, 1.82) is 0 Å². The molecule has 0 amide bonds. The third-order valence-corrected chi connectivity index (χ3v) is 4.64. The fourth-order valence-electron chi connectivity index (χ4n) is 1.73. The third kappa shape index (κ3) is 3.83. The highest BCUT2D eigenvalue weighted by molar-refractivity contribution is 7.89. The van der Waals surface area contributed by atoms with Crippen molar-refractivity contribution in [2.75, 3.05) is 6.54 Å². The van der Waals surface area contributed by atoms with Crippen LogP contribution in [-0.4, -0.2) is 19.5 Å². The van der Waals surface area contributed by atoms with Crippen molar-refractivity contribution in [3.63, 3.8) is 0 Å². The summed E-state index contributed by atoms with van der Waals surface area (Å²) in [5, 5.41) is 0.236. The summed E-state index contributed by atoms with van der Waals surface area (Å²) in [6, 6.07) is 10.3. The van der Waals surface area contributed by atoms with Gasteiger partial charge in [0, 0.05) is 25.5 Å². The van der Waals surface area contributed by atoms with Gasteiger partial charge in [0.15, 0.2) is 0 Å². The summed E-state index contributed by atoms with van der Waals surface area (Å²) in [5.41, 5.74) is 0. The smallest absolute Gasteiger partial charge is 0.242 e. The molecule has 0 aliphatic heterocycles. The first-order valence-electron chi connectivity index (χ1n) is 5.94. The average Bonchev–Trinajstić information content (AvgIpc) is 2.88. The van der Waals surface area contributed by atoms with Crippen LogP contribution >= 0.6 is 11.6 Å². The Hall–Kier alpha value is -1.30. The molecule has 0 spiro atoms. The molecule has 1 aromatic carbocycles. The molecule has 0 aliphatic rings. The number of nitrogens with one attached hydrogen (secondary N) is 1. The van der Waals surface area contributed by atoms with Crippen molar-refractivity contribution in [3.8, 4) is 0 Å². The van der Waals surface area contributed by atoms with Crippen LogP contribution in [0.25, 0.3) is 0 Å². The topological polar surface area (TPSA) is 51.1 Å². The second kappa shape index (κ2) is 6.23. The predicted molar refractivity (Wildman–Crippen MR) is 75.7 cm³/mol. The summed E-state index contributed by atoms with van der Waals surface area (Å²) in [7, 11) is -3.52. The molecule has 0 bridgehead atoms. The minimum Gasteiger partial charge on any atom is -0.354 e. The van der Waals surface area contributed by atoms with Gasteiger partial charge < -0.3 is 4.57 Å². The molecule has 1 N–H and O–H groups in total. The molecule has 0 radical (unpaired) electrons. The maximum atomic E-state index is 12.0. The van der Waals surface area contributed by atoms with E-state index in [1.807, 2.05) is 29.1 Å². The summed E-state index contributed by atoms with van der Waals surface area (Å²) in [6.07, 6.45) is 4.61. The number of benzene rings is 1. The van der Waals surface area contributed by atoms with Crippen LogP contribution in [0.15, 0.2) is 53.7 Å². The van der Waals surface area contributed by atoms with Gasteiger partial charge in [-0.05, 0) is 30.7 Å². The molecule has 4 nitrogen and oxygen atoms in total. The van der Waals surface area contributed by atoms with Crippen molar-refractivity contribution in [1.82, 2.24) is 9.29 Å². The first-order chi connectivity index (χ1) is 9.09. The van der Waals surface area contributed by atoms with Crippen molar-refractivity contribution in [2.45, 2.75) is 17.9 Å². The number of sulfonamides is 1. The van der Waals surface area contributed by atoms with Gasteiger partial charge in [0.2, 0.25) is 10.0 Å². The van der Waals surface area contributed by atoms with Gasteiger partial charge in [-0.1, -0.05) is 23.7 Å². The van der Waals surface area contributed by atoms with E-state index in [0.29, 0.717) is 6.54 Å². The molecule has 19 heavy (non-hydrogen) atoms. The molecule has 0 unspecified atom stereocenters. The number of hydrogen-bond acceptors (Lipinski definition) is 2. The zero-order valence-corrected chi connectivity index (χ0v) is 11.9. The minimum absolute atomic E-state index is 0.123. The standard InChI is InChI=1S/C13H15ClN2O2S/c14-12-6-1-2-7-13(12)19(17,18)15-8-5-11-16-9-3-4-10-16/h1-4,6-7,9-10,15H,5,8,11H2. The van der Waals surface area contributed by atoms with E-state index < -0.39 is 10.0 Å². The number of hydrogen-bond donors (Lipinski definition) is 1. The molecule has 2 aromatic rings. The van der Waals surface area contributed by atoms with Crippen molar-refractivity contribution >= 4 is 21.6 Å². The van der Waals surface area contributed by atoms with Gasteiger partial charge in [-0.2, -0.15) is 0 Å². The zero-order valence-electron chi connectivity index (χ0n) is 10.3. The van der Waals surface area contributed by atoms with Crippen LogP contribution in [0.2, 0.25) is 5.02 Å². The average molecular weight is 299 g/mol. The maximum absolute atomic E-state index is 12.0. The van der Waals surface area contributed by atoms with Gasteiger partial charge >= 0.3 is 0 Å². The van der Waals surface area contributed by atoms with Crippen LogP contribution in [0, 0.1) is 0 Å². The van der Waals surface area contributed by atoms with Gasteiger partial charge in [-0.3, -0.25) is 0 Å². The van der Waals surface area contributed by atoms with Crippen LogP contribution in [0.3, 0.4) is 0 Å². The van der Waals surface area contributed by atoms with E-state index in [-0.39, 0.29) is 9.92 Å². The zero-order chi connectivity index (χ0) is 13.7. The van der Waals surface area contributed by atoms with Crippen molar-refractivity contribution < 1.29 is 8.42 Å². The number of halogens is 1. The van der Waals surface area contributed by atoms with E-state index in [0.717, 1.165) is 13.0 Å². The van der Waals surface area contributed by atoms with Crippen LogP contribution in [0.4, 0.5) is 0 Å². The lowest BCUT2D eigenvalue weighted by atomic mass is 10.4. The second-order valence-corrected chi connectivity index (χ2v) is 6.25. The first kappa shape index (κ1) is 14.1. The van der Waals surface area contributed by atoms with Gasteiger partial charge in [-0.25, -0.2) is 13.1 Å². The van der Waals surface area contributed by atoms with E-state index in [9.17, 15) is 8.42 Å². The summed E-state index contributed by atoms with van der Waals surface area (Å²) in [4.78, 5) is 0.123. The molecule has 6 heteroatoms. The predicted octanol–water partition coefficient (Wildman–Crippen LogP) is 2.51. The molecule has 0 saturated carbocycles. The maximum Gasteiger partial charge on any atom is 0.242 e. The molecule has 0 atom stereocenters. The van der Waals surface area contributed by atoms with Crippen LogP contribution in [0.5, 0.6) is 0 Å². The minimum atomic E-state index is -3.52. The summed E-state index contributed by atoms with van der Waals surface area (Å²) in [5.74, 6) is 0. The van der Waals surface area contributed by atoms with Crippen LogP contribution in [0.1, 0.15) is 6.42 Å². The lowest BCUT2D eigenvalue weighted by Crippen LogP contribution is -2.25. The van der Waals surface area contributed by atoms with E-state index in [1.165, 1.54) is 6.07 Å². The normalized spacial score (nSPS) is 11.6. The first-order valence-corrected chi connectivity index (χ1v) is 7.81. The van der Waals surface area contributed by atoms with E-state index in [4.69, 9.17) is 11.6 Å². The highest BCUT2D eigenvalue weighted by atomic mass is 35.5. The largest absolute Gasteiger partial charge is 0.354 e. The molecule has 0 saturated heterocycles. The number of rotatable bonds is 6. The lowest BCUT2D eigenvalue weighted by Gasteiger charge is -2.08. The molecule has 1 heterocycles. The Morgan fingerprint density at radius 2 is 1.79 bits per heavy atom. The van der Waals surface area contributed by atoms with Crippen LogP contribution < -0.4 is 4.72 Å². The molecule has 2 rings (SSSR count). The molecule has 102 valence electrons. The summed E-state index contributed by atoms with van der Waals surface area (Å²) in [6.45, 7) is 1.16. The van der Waals surface area contributed by atoms with Gasteiger partial charge in [-0.15, -0.1) is 0 Å². The second-order valence-electron chi connectivity index (χ2n) is 4.10. The van der Waals surface area contributed by atoms with E-state index in [1.54, 1.807) is 18.2 Å². The Kier molecular flexibility index (Phi) is 4.63. The number of nitrogens with zero attached hydrogens (tertiary/aromatic N) is 1. The molecule has 1 aromatic heterocycles. The Balaban J connectivity index is 1.90. The fraction of sp³-hybridized carbons (Fsp3) is 0.231. The summed E-state index contributed by atoms with van der Waals surface area (Å²) >= 11 is 5.88. The molecule has 0 fully saturated rings. The third-order valence-electron chi connectivity index (χ3n) is 2.68. The SMILES string of the molecule is O=S(=O)(NCCCn1cccc1)c1ccccc1Cl. The van der Waals surface area contributed by atoms with Gasteiger partial charge in [0.1, 0.15) is 4.90 Å². The van der Waals surface area contributed by atoms with Crippen LogP contribution in [-0.2, 0) is 16.6 Å². The monoisotopic (exact) mass is 298 g/mol. The summed E-state index contributed by atoms with van der Waals surface area (Å²) < 4.78 is 28.6. The van der Waals surface area contributed by atoms with E-state index in [2.05, 4.69) is 4.72 Å². The number of aromatic nitrogens is 1. The molecular formula is C13H15ClN2O2S.